The number of hydrogen-bond acceptors (Lipinski definition) is 3. The van der Waals surface area contributed by atoms with Crippen LogP contribution < -0.4 is 10.2 Å². The second-order valence-electron chi connectivity index (χ2n) is 3.14. The normalized spacial score (nSPS) is 10.0. The minimum Gasteiger partial charge on any atom is -0.491 e. The van der Waals surface area contributed by atoms with Crippen molar-refractivity contribution in [2.75, 3.05) is 0 Å². The highest BCUT2D eigenvalue weighted by molar-refractivity contribution is 5.93. The van der Waals surface area contributed by atoms with Crippen LogP contribution in [0.2, 0.25) is 0 Å². The van der Waals surface area contributed by atoms with Crippen molar-refractivity contribution in [3.8, 4) is 5.75 Å². The van der Waals surface area contributed by atoms with Gasteiger partial charge in [0.1, 0.15) is 5.75 Å². The fourth-order valence-corrected chi connectivity index (χ4v) is 1.05. The molecule has 0 atom stereocenters. The van der Waals surface area contributed by atoms with Crippen molar-refractivity contribution in [2.24, 2.45) is 0 Å². The van der Waals surface area contributed by atoms with Gasteiger partial charge in [0.2, 0.25) is 0 Å². The van der Waals surface area contributed by atoms with E-state index in [0.29, 0.717) is 11.3 Å². The van der Waals surface area contributed by atoms with Crippen molar-refractivity contribution < 1.29 is 14.7 Å². The molecule has 0 heterocycles. The highest BCUT2D eigenvalue weighted by atomic mass is 16.5. The highest BCUT2D eigenvalue weighted by Crippen LogP contribution is 2.14. The summed E-state index contributed by atoms with van der Waals surface area (Å²) in [6.07, 6.45) is 0.0578. The second kappa shape index (κ2) is 4.62. The number of carbonyl (C=O) groups is 1. The van der Waals surface area contributed by atoms with E-state index < -0.39 is 5.91 Å². The van der Waals surface area contributed by atoms with Gasteiger partial charge < -0.3 is 4.74 Å². The van der Waals surface area contributed by atoms with Crippen molar-refractivity contribution >= 4 is 5.91 Å². The zero-order valence-corrected chi connectivity index (χ0v) is 8.15. The summed E-state index contributed by atoms with van der Waals surface area (Å²) < 4.78 is 5.39. The van der Waals surface area contributed by atoms with Crippen molar-refractivity contribution in [1.29, 1.82) is 0 Å². The summed E-state index contributed by atoms with van der Waals surface area (Å²) >= 11 is 0. The number of benzene rings is 1. The fourth-order valence-electron chi connectivity index (χ4n) is 1.05. The van der Waals surface area contributed by atoms with Crippen LogP contribution in [0.1, 0.15) is 24.2 Å². The van der Waals surface area contributed by atoms with Crippen molar-refractivity contribution in [3.63, 3.8) is 0 Å². The van der Waals surface area contributed by atoms with Crippen LogP contribution in [0, 0.1) is 0 Å². The molecule has 0 bridgehead atoms. The van der Waals surface area contributed by atoms with Crippen LogP contribution in [0.3, 0.4) is 0 Å². The molecule has 0 spiro atoms. The Morgan fingerprint density at radius 3 is 2.79 bits per heavy atom. The van der Waals surface area contributed by atoms with Gasteiger partial charge in [-0.2, -0.15) is 0 Å². The van der Waals surface area contributed by atoms with Gasteiger partial charge >= 0.3 is 0 Å². The third kappa shape index (κ3) is 2.74. The van der Waals surface area contributed by atoms with E-state index in [9.17, 15) is 4.79 Å². The maximum absolute atomic E-state index is 11.0. The predicted molar refractivity (Wildman–Crippen MR) is 51.5 cm³/mol. The first-order valence-corrected chi connectivity index (χ1v) is 4.34. The van der Waals surface area contributed by atoms with E-state index in [4.69, 9.17) is 9.94 Å². The third-order valence-electron chi connectivity index (χ3n) is 1.57. The van der Waals surface area contributed by atoms with Crippen LogP contribution >= 0.6 is 0 Å². The molecule has 0 unspecified atom stereocenters. The van der Waals surface area contributed by atoms with Gasteiger partial charge in [0, 0.05) is 5.56 Å². The Bertz CT molecular complexity index is 323. The van der Waals surface area contributed by atoms with E-state index in [2.05, 4.69) is 0 Å². The quantitative estimate of drug-likeness (QED) is 0.568. The number of carbonyl (C=O) groups excluding carboxylic acids is 1. The molecule has 2 N–H and O–H groups in total. The summed E-state index contributed by atoms with van der Waals surface area (Å²) in [6.45, 7) is 3.80. The molecular weight excluding hydrogens is 182 g/mol. The van der Waals surface area contributed by atoms with Crippen LogP contribution in [0.25, 0.3) is 0 Å². The Kier molecular flexibility index (Phi) is 3.48. The van der Waals surface area contributed by atoms with Gasteiger partial charge in [0.05, 0.1) is 6.10 Å². The average molecular weight is 195 g/mol. The summed E-state index contributed by atoms with van der Waals surface area (Å²) in [7, 11) is 0. The SMILES string of the molecule is CC(C)Oc1cccc(C(=O)NO)c1. The number of hydrogen-bond donors (Lipinski definition) is 2. The van der Waals surface area contributed by atoms with Gasteiger partial charge in [0.15, 0.2) is 0 Å². The Morgan fingerprint density at radius 2 is 2.21 bits per heavy atom. The molecule has 0 aromatic heterocycles. The Balaban J connectivity index is 2.84. The molecule has 1 aromatic rings. The van der Waals surface area contributed by atoms with Gasteiger partial charge in [0.25, 0.3) is 5.91 Å². The molecule has 0 aliphatic heterocycles. The topological polar surface area (TPSA) is 58.6 Å². The van der Waals surface area contributed by atoms with E-state index in [0.717, 1.165) is 0 Å². The van der Waals surface area contributed by atoms with Gasteiger partial charge in [-0.3, -0.25) is 10.0 Å². The van der Waals surface area contributed by atoms with E-state index in [1.54, 1.807) is 29.7 Å². The molecule has 0 aliphatic rings. The van der Waals surface area contributed by atoms with Crippen LogP contribution in [0.15, 0.2) is 24.3 Å². The number of ether oxygens (including phenoxy) is 1. The highest BCUT2D eigenvalue weighted by Gasteiger charge is 2.05. The molecule has 1 aromatic carbocycles. The number of amides is 1. The van der Waals surface area contributed by atoms with Crippen LogP contribution in [-0.2, 0) is 0 Å². The van der Waals surface area contributed by atoms with Gasteiger partial charge in [-0.15, -0.1) is 0 Å². The monoisotopic (exact) mass is 195 g/mol. The maximum Gasteiger partial charge on any atom is 0.274 e. The fraction of sp³-hybridized carbons (Fsp3) is 0.300. The molecule has 4 nitrogen and oxygen atoms in total. The summed E-state index contributed by atoms with van der Waals surface area (Å²) in [6, 6.07) is 6.63. The standard InChI is InChI=1S/C10H13NO3/c1-7(2)14-9-5-3-4-8(6-9)10(12)11-13/h3-7,13H,1-2H3,(H,11,12). The maximum atomic E-state index is 11.0. The van der Waals surface area contributed by atoms with Crippen molar-refractivity contribution in [1.82, 2.24) is 5.48 Å². The average Bonchev–Trinajstić information content (AvgIpc) is 2.16. The molecule has 0 fully saturated rings. The first-order valence-electron chi connectivity index (χ1n) is 4.34. The number of nitrogens with one attached hydrogen (secondary N) is 1. The Hall–Kier alpha value is -1.55. The molecule has 14 heavy (non-hydrogen) atoms. The van der Waals surface area contributed by atoms with Gasteiger partial charge in [-0.1, -0.05) is 6.07 Å². The van der Waals surface area contributed by atoms with E-state index in [1.165, 1.54) is 0 Å². The number of hydroxylamine groups is 1. The van der Waals surface area contributed by atoms with Gasteiger partial charge in [-0.05, 0) is 32.0 Å². The number of rotatable bonds is 3. The largest absolute Gasteiger partial charge is 0.491 e. The minimum absolute atomic E-state index is 0.0578. The second-order valence-corrected chi connectivity index (χ2v) is 3.14. The van der Waals surface area contributed by atoms with Crippen LogP contribution in [0.5, 0.6) is 5.75 Å². The molecule has 76 valence electrons. The summed E-state index contributed by atoms with van der Waals surface area (Å²) in [5.74, 6) is 0.0697. The minimum atomic E-state index is -0.542. The predicted octanol–water partition coefficient (Wildman–Crippen LogP) is 1.59. The third-order valence-corrected chi connectivity index (χ3v) is 1.57. The molecule has 0 aliphatic carbocycles. The molecular formula is C10H13NO3. The lowest BCUT2D eigenvalue weighted by Gasteiger charge is -2.10. The van der Waals surface area contributed by atoms with Crippen LogP contribution in [-0.4, -0.2) is 17.2 Å². The van der Waals surface area contributed by atoms with E-state index in [1.807, 2.05) is 13.8 Å². The lowest BCUT2D eigenvalue weighted by atomic mass is 10.2. The van der Waals surface area contributed by atoms with E-state index in [-0.39, 0.29) is 6.10 Å². The first kappa shape index (κ1) is 10.5. The molecule has 0 radical (unpaired) electrons. The summed E-state index contributed by atoms with van der Waals surface area (Å²) in [5, 5.41) is 8.42. The smallest absolute Gasteiger partial charge is 0.274 e. The van der Waals surface area contributed by atoms with E-state index >= 15 is 0 Å². The van der Waals surface area contributed by atoms with Crippen molar-refractivity contribution in [2.45, 2.75) is 20.0 Å². The van der Waals surface area contributed by atoms with Crippen molar-refractivity contribution in [3.05, 3.63) is 29.8 Å². The Labute approximate surface area is 82.5 Å². The van der Waals surface area contributed by atoms with Gasteiger partial charge in [-0.25, -0.2) is 5.48 Å². The molecule has 0 saturated heterocycles. The lowest BCUT2D eigenvalue weighted by Crippen LogP contribution is -2.18. The van der Waals surface area contributed by atoms with Crippen LogP contribution in [0.4, 0.5) is 0 Å². The summed E-state index contributed by atoms with van der Waals surface area (Å²) in [4.78, 5) is 11.0. The zero-order valence-electron chi connectivity index (χ0n) is 8.15. The molecule has 0 saturated carbocycles. The summed E-state index contributed by atoms with van der Waals surface area (Å²) in [5.41, 5.74) is 1.93. The Morgan fingerprint density at radius 1 is 1.50 bits per heavy atom. The zero-order chi connectivity index (χ0) is 10.6. The first-order chi connectivity index (χ1) is 6.63. The molecule has 1 rings (SSSR count). The molecule has 4 heteroatoms. The lowest BCUT2D eigenvalue weighted by molar-refractivity contribution is 0.0705. The molecule has 1 amide bonds.